The molecule has 0 aromatic carbocycles. The molecule has 19 heavy (non-hydrogen) atoms. The Labute approximate surface area is 114 Å². The molecule has 0 spiro atoms. The van der Waals surface area contributed by atoms with E-state index in [0.717, 1.165) is 18.8 Å². The molecule has 2 atom stereocenters. The third-order valence-corrected chi connectivity index (χ3v) is 3.72. The Hall–Kier alpha value is -1.65. The fourth-order valence-corrected chi connectivity index (χ4v) is 2.49. The van der Waals surface area contributed by atoms with Crippen LogP contribution < -0.4 is 10.6 Å². The first-order valence-corrected chi connectivity index (χ1v) is 6.99. The lowest BCUT2D eigenvalue weighted by Crippen LogP contribution is -2.35. The summed E-state index contributed by atoms with van der Waals surface area (Å²) in [5.74, 6) is 1.26. The topological polar surface area (TPSA) is 66.9 Å². The van der Waals surface area contributed by atoms with Crippen molar-refractivity contribution >= 4 is 11.7 Å². The molecular weight excluding hydrogens is 240 g/mol. The minimum Gasteiger partial charge on any atom is -0.372 e. The monoisotopic (exact) mass is 262 g/mol. The first-order chi connectivity index (χ1) is 9.19. The van der Waals surface area contributed by atoms with Gasteiger partial charge in [-0.25, -0.2) is 4.98 Å². The highest BCUT2D eigenvalue weighted by atomic mass is 16.1. The zero-order valence-electron chi connectivity index (χ0n) is 11.6. The third-order valence-electron chi connectivity index (χ3n) is 3.72. The van der Waals surface area contributed by atoms with E-state index in [1.54, 1.807) is 13.2 Å². The fourth-order valence-electron chi connectivity index (χ4n) is 2.49. The minimum atomic E-state index is -0.121. The molecule has 2 unspecified atom stereocenters. The molecule has 0 radical (unpaired) electrons. The maximum Gasteiger partial charge on any atom is 0.271 e. The van der Waals surface area contributed by atoms with Crippen LogP contribution in [0.15, 0.2) is 12.4 Å². The van der Waals surface area contributed by atoms with Gasteiger partial charge in [0.1, 0.15) is 11.5 Å². The Balaban J connectivity index is 1.96. The van der Waals surface area contributed by atoms with E-state index >= 15 is 0 Å². The van der Waals surface area contributed by atoms with Crippen molar-refractivity contribution in [2.45, 2.75) is 45.1 Å². The second-order valence-corrected chi connectivity index (χ2v) is 5.32. The van der Waals surface area contributed by atoms with Crippen LogP contribution in [-0.4, -0.2) is 29.0 Å². The summed E-state index contributed by atoms with van der Waals surface area (Å²) < 4.78 is 0. The number of hydrogen-bond donors (Lipinski definition) is 2. The Kier molecular flexibility index (Phi) is 4.71. The smallest absolute Gasteiger partial charge is 0.271 e. The molecule has 1 aliphatic carbocycles. The summed E-state index contributed by atoms with van der Waals surface area (Å²) in [6.07, 6.45) is 8.88. The Morgan fingerprint density at radius 1 is 1.26 bits per heavy atom. The molecule has 1 aromatic heterocycles. The molecule has 104 valence electrons. The highest BCUT2D eigenvalue weighted by Gasteiger charge is 2.19. The molecule has 0 aliphatic heterocycles. The average molecular weight is 262 g/mol. The van der Waals surface area contributed by atoms with E-state index in [0.29, 0.717) is 11.5 Å². The molecule has 1 fully saturated rings. The second kappa shape index (κ2) is 6.50. The molecule has 1 amide bonds. The van der Waals surface area contributed by atoms with E-state index in [2.05, 4.69) is 27.5 Å². The van der Waals surface area contributed by atoms with Crippen LogP contribution in [-0.2, 0) is 0 Å². The van der Waals surface area contributed by atoms with Gasteiger partial charge in [0, 0.05) is 13.1 Å². The minimum absolute atomic E-state index is 0.121. The summed E-state index contributed by atoms with van der Waals surface area (Å²) in [4.78, 5) is 20.4. The molecule has 0 bridgehead atoms. The Morgan fingerprint density at radius 3 is 2.89 bits per heavy atom. The number of nitrogens with zero attached hydrogens (tertiary/aromatic N) is 2. The fraction of sp³-hybridized carbons (Fsp3) is 0.643. The van der Waals surface area contributed by atoms with Crippen LogP contribution in [0.2, 0.25) is 0 Å². The van der Waals surface area contributed by atoms with Crippen molar-refractivity contribution in [1.82, 2.24) is 15.3 Å². The number of rotatable bonds is 3. The largest absolute Gasteiger partial charge is 0.372 e. The highest BCUT2D eigenvalue weighted by molar-refractivity contribution is 5.92. The molecule has 2 rings (SSSR count). The van der Waals surface area contributed by atoms with E-state index in [1.807, 2.05) is 0 Å². The zero-order chi connectivity index (χ0) is 13.7. The van der Waals surface area contributed by atoms with E-state index in [4.69, 9.17) is 0 Å². The molecule has 5 heteroatoms. The lowest BCUT2D eigenvalue weighted by molar-refractivity contribution is 0.0928. The number of amides is 1. The molecule has 1 heterocycles. The third kappa shape index (κ3) is 3.91. The van der Waals surface area contributed by atoms with Crippen LogP contribution in [0, 0.1) is 5.92 Å². The predicted octanol–water partition coefficient (Wildman–Crippen LogP) is 2.22. The van der Waals surface area contributed by atoms with Crippen molar-refractivity contribution in [3.05, 3.63) is 18.1 Å². The van der Waals surface area contributed by atoms with E-state index in [9.17, 15) is 4.79 Å². The number of hydrogen-bond acceptors (Lipinski definition) is 4. The van der Waals surface area contributed by atoms with Gasteiger partial charge in [-0.2, -0.15) is 0 Å². The average Bonchev–Trinajstić information content (AvgIpc) is 2.64. The van der Waals surface area contributed by atoms with Gasteiger partial charge < -0.3 is 10.6 Å². The molecule has 1 saturated carbocycles. The number of carbonyl (C=O) groups is 1. The second-order valence-electron chi connectivity index (χ2n) is 5.32. The van der Waals surface area contributed by atoms with Gasteiger partial charge in [0.15, 0.2) is 0 Å². The zero-order valence-corrected chi connectivity index (χ0v) is 11.6. The predicted molar refractivity (Wildman–Crippen MR) is 75.1 cm³/mol. The van der Waals surface area contributed by atoms with Gasteiger partial charge >= 0.3 is 0 Å². The van der Waals surface area contributed by atoms with Crippen LogP contribution in [0.1, 0.15) is 49.5 Å². The maximum absolute atomic E-state index is 12.1. The van der Waals surface area contributed by atoms with Crippen molar-refractivity contribution in [2.75, 3.05) is 12.4 Å². The summed E-state index contributed by atoms with van der Waals surface area (Å²) in [5.41, 5.74) is 0.379. The lowest BCUT2D eigenvalue weighted by atomic mass is 10.0. The quantitative estimate of drug-likeness (QED) is 0.820. The molecule has 1 aromatic rings. The highest BCUT2D eigenvalue weighted by Crippen LogP contribution is 2.22. The standard InChI is InChI=1S/C14H22N4O/c1-10-4-3-5-11(7-6-10)17-14(19)12-8-16-9-13(15-2)18-12/h8-11H,3-7H2,1-2H3,(H,15,18)(H,17,19). The van der Waals surface area contributed by atoms with Gasteiger partial charge in [0.2, 0.25) is 0 Å². The summed E-state index contributed by atoms with van der Waals surface area (Å²) in [6.45, 7) is 2.28. The van der Waals surface area contributed by atoms with Crippen molar-refractivity contribution in [3.8, 4) is 0 Å². The summed E-state index contributed by atoms with van der Waals surface area (Å²) in [5, 5.41) is 5.97. The van der Waals surface area contributed by atoms with E-state index in [-0.39, 0.29) is 11.9 Å². The first-order valence-electron chi connectivity index (χ1n) is 6.99. The number of anilines is 1. The lowest BCUT2D eigenvalue weighted by Gasteiger charge is -2.16. The number of carbonyl (C=O) groups excluding carboxylic acids is 1. The van der Waals surface area contributed by atoms with Crippen molar-refractivity contribution in [3.63, 3.8) is 0 Å². The summed E-state index contributed by atoms with van der Waals surface area (Å²) in [6, 6.07) is 0.275. The summed E-state index contributed by atoms with van der Waals surface area (Å²) in [7, 11) is 1.76. The van der Waals surface area contributed by atoms with E-state index in [1.165, 1.54) is 25.5 Å². The van der Waals surface area contributed by atoms with Crippen molar-refractivity contribution in [2.24, 2.45) is 5.92 Å². The van der Waals surface area contributed by atoms with E-state index < -0.39 is 0 Å². The number of aromatic nitrogens is 2. The molecule has 2 N–H and O–H groups in total. The first kappa shape index (κ1) is 13.8. The van der Waals surface area contributed by atoms with Crippen LogP contribution in [0.3, 0.4) is 0 Å². The van der Waals surface area contributed by atoms with Gasteiger partial charge in [0.25, 0.3) is 5.91 Å². The van der Waals surface area contributed by atoms with Crippen LogP contribution in [0.5, 0.6) is 0 Å². The van der Waals surface area contributed by atoms with Crippen LogP contribution in [0.25, 0.3) is 0 Å². The van der Waals surface area contributed by atoms with Gasteiger partial charge in [0.05, 0.1) is 12.4 Å². The van der Waals surface area contributed by atoms with Crippen molar-refractivity contribution < 1.29 is 4.79 Å². The molecule has 5 nitrogen and oxygen atoms in total. The van der Waals surface area contributed by atoms with Gasteiger partial charge in [-0.3, -0.25) is 9.78 Å². The Morgan fingerprint density at radius 2 is 2.11 bits per heavy atom. The van der Waals surface area contributed by atoms with Gasteiger partial charge in [-0.1, -0.05) is 19.8 Å². The van der Waals surface area contributed by atoms with Crippen LogP contribution >= 0.6 is 0 Å². The van der Waals surface area contributed by atoms with Crippen molar-refractivity contribution in [1.29, 1.82) is 0 Å². The molecule has 1 aliphatic rings. The SMILES string of the molecule is CNc1cncc(C(=O)NC2CCCC(C)CC2)n1. The normalized spacial score (nSPS) is 23.5. The molecular formula is C14H22N4O. The Bertz CT molecular complexity index is 435. The summed E-state index contributed by atoms with van der Waals surface area (Å²) >= 11 is 0. The van der Waals surface area contributed by atoms with Gasteiger partial charge in [-0.15, -0.1) is 0 Å². The van der Waals surface area contributed by atoms with Gasteiger partial charge in [-0.05, 0) is 25.2 Å². The maximum atomic E-state index is 12.1. The van der Waals surface area contributed by atoms with Crippen LogP contribution in [0.4, 0.5) is 5.82 Å². The molecule has 0 saturated heterocycles. The number of nitrogens with one attached hydrogen (secondary N) is 2.